The lowest BCUT2D eigenvalue weighted by molar-refractivity contribution is 0.273. The first-order chi connectivity index (χ1) is 9.92. The Labute approximate surface area is 121 Å². The average Bonchev–Trinajstić information content (AvgIpc) is 2.84. The van der Waals surface area contributed by atoms with Crippen LogP contribution in [-0.4, -0.2) is 43.7 Å². The summed E-state index contributed by atoms with van der Waals surface area (Å²) < 4.78 is 0. The van der Waals surface area contributed by atoms with E-state index in [-0.39, 0.29) is 0 Å². The maximum Gasteiger partial charge on any atom is 0.0610 e. The van der Waals surface area contributed by atoms with Crippen molar-refractivity contribution in [3.8, 4) is 0 Å². The highest BCUT2D eigenvalue weighted by Gasteiger charge is 2.29. The molecule has 0 saturated carbocycles. The third kappa shape index (κ3) is 2.18. The smallest absolute Gasteiger partial charge is 0.0610 e. The Morgan fingerprint density at radius 3 is 3.00 bits per heavy atom. The molecule has 1 unspecified atom stereocenters. The van der Waals surface area contributed by atoms with Crippen molar-refractivity contribution in [3.05, 3.63) is 23.8 Å². The van der Waals surface area contributed by atoms with Crippen molar-refractivity contribution in [2.45, 2.75) is 38.1 Å². The van der Waals surface area contributed by atoms with Crippen molar-refractivity contribution in [2.24, 2.45) is 0 Å². The van der Waals surface area contributed by atoms with Crippen LogP contribution in [0.4, 0.5) is 11.4 Å². The molecule has 0 amide bonds. The molecule has 1 atom stereocenters. The number of anilines is 2. The van der Waals surface area contributed by atoms with E-state index >= 15 is 0 Å². The molecule has 2 saturated heterocycles. The van der Waals surface area contributed by atoms with Crippen molar-refractivity contribution < 1.29 is 0 Å². The van der Waals surface area contributed by atoms with Gasteiger partial charge in [0.15, 0.2) is 0 Å². The lowest BCUT2D eigenvalue weighted by Gasteiger charge is -2.31. The maximum absolute atomic E-state index is 3.65. The van der Waals surface area contributed by atoms with Crippen LogP contribution in [0.5, 0.6) is 0 Å². The molecule has 3 heterocycles. The standard InChI is InChI=1S/C17H25N3/c1-5-14-6-2-9-18-17(14)16(8-1)20-12-4-11-19-10-3-7-15(19)13-20/h1,5,8,15,18H,2-4,6-7,9-13H2. The van der Waals surface area contributed by atoms with Gasteiger partial charge in [0.25, 0.3) is 0 Å². The van der Waals surface area contributed by atoms with Crippen LogP contribution in [0.3, 0.4) is 0 Å². The minimum Gasteiger partial charge on any atom is -0.383 e. The molecule has 1 aromatic carbocycles. The van der Waals surface area contributed by atoms with Gasteiger partial charge in [-0.3, -0.25) is 4.90 Å². The molecule has 0 aromatic heterocycles. The third-order valence-electron chi connectivity index (χ3n) is 5.20. The van der Waals surface area contributed by atoms with Crippen LogP contribution in [-0.2, 0) is 6.42 Å². The molecule has 0 bridgehead atoms. The summed E-state index contributed by atoms with van der Waals surface area (Å²) in [5.74, 6) is 0. The van der Waals surface area contributed by atoms with E-state index < -0.39 is 0 Å². The van der Waals surface area contributed by atoms with Crippen LogP contribution in [0.1, 0.15) is 31.2 Å². The van der Waals surface area contributed by atoms with E-state index in [2.05, 4.69) is 33.3 Å². The highest BCUT2D eigenvalue weighted by molar-refractivity contribution is 5.74. The largest absolute Gasteiger partial charge is 0.383 e. The Morgan fingerprint density at radius 1 is 1.05 bits per heavy atom. The molecule has 108 valence electrons. The number of hydrogen-bond donors (Lipinski definition) is 1. The summed E-state index contributed by atoms with van der Waals surface area (Å²) in [4.78, 5) is 5.36. The first-order valence-electron chi connectivity index (χ1n) is 8.26. The van der Waals surface area contributed by atoms with Crippen molar-refractivity contribution >= 4 is 11.4 Å². The molecule has 3 nitrogen and oxygen atoms in total. The summed E-state index contributed by atoms with van der Waals surface area (Å²) in [6.07, 6.45) is 6.59. The van der Waals surface area contributed by atoms with Gasteiger partial charge in [0.1, 0.15) is 0 Å². The fourth-order valence-corrected chi connectivity index (χ4v) is 4.18. The minimum atomic E-state index is 0.789. The molecule has 3 heteroatoms. The van der Waals surface area contributed by atoms with Gasteiger partial charge in [-0.2, -0.15) is 0 Å². The fourth-order valence-electron chi connectivity index (χ4n) is 4.18. The highest BCUT2D eigenvalue weighted by Crippen LogP contribution is 2.34. The second-order valence-corrected chi connectivity index (χ2v) is 6.47. The van der Waals surface area contributed by atoms with Crippen LogP contribution < -0.4 is 10.2 Å². The molecule has 0 spiro atoms. The first kappa shape index (κ1) is 12.5. The van der Waals surface area contributed by atoms with Gasteiger partial charge in [-0.1, -0.05) is 12.1 Å². The van der Waals surface area contributed by atoms with Gasteiger partial charge in [0.05, 0.1) is 11.4 Å². The third-order valence-corrected chi connectivity index (χ3v) is 5.20. The lowest BCUT2D eigenvalue weighted by Crippen LogP contribution is -2.37. The van der Waals surface area contributed by atoms with Gasteiger partial charge in [0.2, 0.25) is 0 Å². The molecule has 4 rings (SSSR count). The lowest BCUT2D eigenvalue weighted by atomic mass is 10.0. The average molecular weight is 271 g/mol. The van der Waals surface area contributed by atoms with E-state index in [0.29, 0.717) is 0 Å². The number of fused-ring (bicyclic) bond motifs is 2. The van der Waals surface area contributed by atoms with Gasteiger partial charge in [-0.15, -0.1) is 0 Å². The SMILES string of the molecule is c1cc2c(c(N3CCCN4CCCC4C3)c1)NCCC2. The van der Waals surface area contributed by atoms with E-state index in [1.165, 1.54) is 75.2 Å². The molecule has 20 heavy (non-hydrogen) atoms. The zero-order valence-electron chi connectivity index (χ0n) is 12.3. The Bertz CT molecular complexity index is 485. The minimum absolute atomic E-state index is 0.789. The zero-order chi connectivity index (χ0) is 13.4. The molecule has 1 aromatic rings. The van der Waals surface area contributed by atoms with E-state index in [1.807, 2.05) is 0 Å². The normalized spacial score (nSPS) is 26.6. The van der Waals surface area contributed by atoms with Crippen molar-refractivity contribution in [3.63, 3.8) is 0 Å². The predicted octanol–water partition coefficient (Wildman–Crippen LogP) is 2.72. The van der Waals surface area contributed by atoms with Crippen molar-refractivity contribution in [1.29, 1.82) is 0 Å². The molecule has 1 N–H and O–H groups in total. The fraction of sp³-hybridized carbons (Fsp3) is 0.647. The van der Waals surface area contributed by atoms with Gasteiger partial charge < -0.3 is 10.2 Å². The number of nitrogens with one attached hydrogen (secondary N) is 1. The summed E-state index contributed by atoms with van der Waals surface area (Å²) in [6.45, 7) is 6.18. The summed E-state index contributed by atoms with van der Waals surface area (Å²) in [5.41, 5.74) is 4.39. The van der Waals surface area contributed by atoms with Crippen LogP contribution in [0.25, 0.3) is 0 Å². The van der Waals surface area contributed by atoms with Gasteiger partial charge in [0, 0.05) is 32.2 Å². The number of hydrogen-bond acceptors (Lipinski definition) is 3. The van der Waals surface area contributed by atoms with Crippen LogP contribution in [0.2, 0.25) is 0 Å². The quantitative estimate of drug-likeness (QED) is 0.847. The van der Waals surface area contributed by atoms with Crippen LogP contribution in [0.15, 0.2) is 18.2 Å². The van der Waals surface area contributed by atoms with Crippen molar-refractivity contribution in [1.82, 2.24) is 4.90 Å². The Kier molecular flexibility index (Phi) is 3.31. The number of rotatable bonds is 1. The molecular formula is C17H25N3. The van der Waals surface area contributed by atoms with Gasteiger partial charge in [-0.05, 0) is 50.3 Å². The Hall–Kier alpha value is -1.22. The number of nitrogens with zero attached hydrogens (tertiary/aromatic N) is 2. The Balaban J connectivity index is 1.63. The topological polar surface area (TPSA) is 18.5 Å². The number of aryl methyl sites for hydroxylation is 1. The molecule has 3 aliphatic rings. The maximum atomic E-state index is 3.65. The molecule has 2 fully saturated rings. The second kappa shape index (κ2) is 5.28. The molecular weight excluding hydrogens is 246 g/mol. The van der Waals surface area contributed by atoms with E-state index in [0.717, 1.165) is 12.6 Å². The van der Waals surface area contributed by atoms with E-state index in [4.69, 9.17) is 0 Å². The summed E-state index contributed by atoms with van der Waals surface area (Å²) in [7, 11) is 0. The molecule has 0 radical (unpaired) electrons. The second-order valence-electron chi connectivity index (χ2n) is 6.47. The highest BCUT2D eigenvalue weighted by atomic mass is 15.3. The monoisotopic (exact) mass is 271 g/mol. The Morgan fingerprint density at radius 2 is 2.00 bits per heavy atom. The number of benzene rings is 1. The van der Waals surface area contributed by atoms with Crippen LogP contribution >= 0.6 is 0 Å². The van der Waals surface area contributed by atoms with Gasteiger partial charge in [-0.25, -0.2) is 0 Å². The van der Waals surface area contributed by atoms with E-state index in [1.54, 1.807) is 0 Å². The summed E-state index contributed by atoms with van der Waals surface area (Å²) in [5, 5.41) is 3.65. The molecule has 0 aliphatic carbocycles. The predicted molar refractivity (Wildman–Crippen MR) is 84.7 cm³/mol. The molecule has 3 aliphatic heterocycles. The van der Waals surface area contributed by atoms with Crippen LogP contribution in [0, 0.1) is 0 Å². The van der Waals surface area contributed by atoms with Crippen molar-refractivity contribution in [2.75, 3.05) is 42.9 Å². The summed E-state index contributed by atoms with van der Waals surface area (Å²) >= 11 is 0. The zero-order valence-corrected chi connectivity index (χ0v) is 12.3. The number of para-hydroxylation sites is 1. The van der Waals surface area contributed by atoms with E-state index in [9.17, 15) is 0 Å². The van der Waals surface area contributed by atoms with Gasteiger partial charge >= 0.3 is 0 Å². The summed E-state index contributed by atoms with van der Waals surface area (Å²) in [6, 6.07) is 7.65. The first-order valence-corrected chi connectivity index (χ1v) is 8.26.